The summed E-state index contributed by atoms with van der Waals surface area (Å²) >= 11 is 0. The van der Waals surface area contributed by atoms with Crippen LogP contribution in [0.25, 0.3) is 6.08 Å². The van der Waals surface area contributed by atoms with Crippen LogP contribution < -0.4 is 9.47 Å². The van der Waals surface area contributed by atoms with Gasteiger partial charge in [0.1, 0.15) is 6.61 Å². The molecule has 5 aliphatic rings. The van der Waals surface area contributed by atoms with Crippen molar-refractivity contribution in [1.82, 2.24) is 4.90 Å². The van der Waals surface area contributed by atoms with E-state index in [-0.39, 0.29) is 10.8 Å². The Kier molecular flexibility index (Phi) is 6.78. The van der Waals surface area contributed by atoms with Gasteiger partial charge in [-0.3, -0.25) is 14.5 Å². The molecule has 0 unspecified atom stereocenters. The number of allylic oxidation sites excluding steroid dienone is 2. The summed E-state index contributed by atoms with van der Waals surface area (Å²) in [7, 11) is 1.68. The lowest BCUT2D eigenvalue weighted by molar-refractivity contribution is -0.130. The molecule has 5 nitrogen and oxygen atoms in total. The standard InChI is InChI=1S/C33H43NO4/c1-32-12-10-25(35)21-24(32)7-8-26-27(32)11-13-33(2)28(26)20-23(31(33)36)18-22-6-9-29(30(19-22)37-3)38-17-16-34-14-4-5-15-34/h6,9,18-19,21,26-28H,4-5,7-8,10-17,20H2,1-3H3/b23-18-/t26-,27+,28+,32+,33+/m1/s1. The topological polar surface area (TPSA) is 55.8 Å². The number of rotatable bonds is 6. The minimum Gasteiger partial charge on any atom is -0.493 e. The molecule has 0 aromatic heterocycles. The number of fused-ring (bicyclic) bond motifs is 5. The van der Waals surface area contributed by atoms with Crippen molar-refractivity contribution in [3.63, 3.8) is 0 Å². The SMILES string of the molecule is COc1cc(/C=C2/C[C@H]3[C@@H]4CCC5=CC(=O)CC[C@]5(C)[C@H]4CC[C@]3(C)C2=O)ccc1OCCN1CCCC1. The molecule has 1 aliphatic heterocycles. The van der Waals surface area contributed by atoms with Crippen molar-refractivity contribution in [3.8, 4) is 11.5 Å². The first-order chi connectivity index (χ1) is 18.3. The molecule has 204 valence electrons. The fourth-order valence-electron chi connectivity index (χ4n) is 8.74. The maximum atomic E-state index is 13.8. The van der Waals surface area contributed by atoms with Gasteiger partial charge in [-0.1, -0.05) is 25.5 Å². The van der Waals surface area contributed by atoms with Gasteiger partial charge >= 0.3 is 0 Å². The summed E-state index contributed by atoms with van der Waals surface area (Å²) in [5.41, 5.74) is 3.22. The molecule has 38 heavy (non-hydrogen) atoms. The van der Waals surface area contributed by atoms with E-state index in [0.717, 1.165) is 67.7 Å². The zero-order chi connectivity index (χ0) is 26.5. The second-order valence-electron chi connectivity index (χ2n) is 12.9. The molecule has 6 rings (SSSR count). The van der Waals surface area contributed by atoms with E-state index in [1.807, 2.05) is 18.2 Å². The number of nitrogens with zero attached hydrogens (tertiary/aromatic N) is 1. The van der Waals surface area contributed by atoms with Crippen LogP contribution in [-0.4, -0.2) is 49.8 Å². The third-order valence-corrected chi connectivity index (χ3v) is 11.0. The number of carbonyl (C=O) groups is 2. The fourth-order valence-corrected chi connectivity index (χ4v) is 8.74. The molecule has 0 bridgehead atoms. The number of hydrogen-bond donors (Lipinski definition) is 0. The van der Waals surface area contributed by atoms with E-state index in [4.69, 9.17) is 9.47 Å². The zero-order valence-electron chi connectivity index (χ0n) is 23.4. The first-order valence-corrected chi connectivity index (χ1v) is 14.8. The van der Waals surface area contributed by atoms with Crippen LogP contribution in [0, 0.1) is 28.6 Å². The first kappa shape index (κ1) is 25.9. The molecule has 4 aliphatic carbocycles. The summed E-state index contributed by atoms with van der Waals surface area (Å²) < 4.78 is 11.7. The second-order valence-corrected chi connectivity index (χ2v) is 12.9. The Labute approximate surface area is 227 Å². The van der Waals surface area contributed by atoms with E-state index >= 15 is 0 Å². The molecule has 1 saturated heterocycles. The Morgan fingerprint density at radius 2 is 1.82 bits per heavy atom. The first-order valence-electron chi connectivity index (χ1n) is 14.8. The van der Waals surface area contributed by atoms with Gasteiger partial charge in [-0.2, -0.15) is 0 Å². The number of ether oxygens (including phenoxy) is 2. The van der Waals surface area contributed by atoms with Gasteiger partial charge in [-0.25, -0.2) is 0 Å². The second kappa shape index (κ2) is 9.97. The van der Waals surface area contributed by atoms with Crippen molar-refractivity contribution in [2.45, 2.75) is 71.6 Å². The van der Waals surface area contributed by atoms with Crippen molar-refractivity contribution >= 4 is 17.6 Å². The molecule has 0 N–H and O–H groups in total. The van der Waals surface area contributed by atoms with Crippen LogP contribution in [0.5, 0.6) is 11.5 Å². The minimum absolute atomic E-state index is 0.131. The highest BCUT2D eigenvalue weighted by molar-refractivity contribution is 6.06. The number of hydrogen-bond acceptors (Lipinski definition) is 5. The number of benzene rings is 1. The number of carbonyl (C=O) groups excluding carboxylic acids is 2. The molecule has 0 radical (unpaired) electrons. The summed E-state index contributed by atoms with van der Waals surface area (Å²) in [6.45, 7) is 8.56. The predicted molar refractivity (Wildman–Crippen MR) is 149 cm³/mol. The number of Topliss-reactive ketones (excluding diaryl/α,β-unsaturated/α-hetero) is 1. The van der Waals surface area contributed by atoms with Gasteiger partial charge < -0.3 is 9.47 Å². The minimum atomic E-state index is -0.266. The van der Waals surface area contributed by atoms with Crippen LogP contribution in [0.3, 0.4) is 0 Å². The maximum absolute atomic E-state index is 13.8. The Morgan fingerprint density at radius 3 is 2.61 bits per heavy atom. The quantitative estimate of drug-likeness (QED) is 0.417. The van der Waals surface area contributed by atoms with Crippen LogP contribution in [0.4, 0.5) is 0 Å². The van der Waals surface area contributed by atoms with Crippen molar-refractivity contribution in [3.05, 3.63) is 41.0 Å². The monoisotopic (exact) mass is 517 g/mol. The number of methoxy groups -OCH3 is 1. The molecule has 5 atom stereocenters. The Balaban J connectivity index is 1.20. The van der Waals surface area contributed by atoms with Crippen LogP contribution in [0.15, 0.2) is 35.4 Å². The third-order valence-electron chi connectivity index (χ3n) is 11.0. The van der Waals surface area contributed by atoms with E-state index in [2.05, 4.69) is 30.9 Å². The van der Waals surface area contributed by atoms with Gasteiger partial charge in [-0.05, 0) is 123 Å². The number of ketones is 2. The lowest BCUT2D eigenvalue weighted by atomic mass is 9.47. The number of likely N-dealkylation sites (tertiary alicyclic amines) is 1. The molecule has 3 saturated carbocycles. The predicted octanol–water partition coefficient (Wildman–Crippen LogP) is 6.26. The molecular weight excluding hydrogens is 474 g/mol. The summed E-state index contributed by atoms with van der Waals surface area (Å²) in [5, 5.41) is 0. The molecular formula is C33H43NO4. The highest BCUT2D eigenvalue weighted by Crippen LogP contribution is 2.65. The van der Waals surface area contributed by atoms with Gasteiger partial charge in [-0.15, -0.1) is 0 Å². The van der Waals surface area contributed by atoms with Crippen LogP contribution in [-0.2, 0) is 9.59 Å². The van der Waals surface area contributed by atoms with Crippen LogP contribution in [0.1, 0.15) is 77.2 Å². The van der Waals surface area contributed by atoms with Gasteiger partial charge in [0.15, 0.2) is 23.1 Å². The summed E-state index contributed by atoms with van der Waals surface area (Å²) in [6.07, 6.45) is 13.3. The Morgan fingerprint density at radius 1 is 1.00 bits per heavy atom. The van der Waals surface area contributed by atoms with E-state index in [1.165, 1.54) is 31.5 Å². The maximum Gasteiger partial charge on any atom is 0.165 e. The van der Waals surface area contributed by atoms with Crippen molar-refractivity contribution in [2.24, 2.45) is 28.6 Å². The summed E-state index contributed by atoms with van der Waals surface area (Å²) in [4.78, 5) is 28.4. The third kappa shape index (κ3) is 4.35. The molecule has 4 fully saturated rings. The molecule has 1 heterocycles. The molecule has 5 heteroatoms. The highest BCUT2D eigenvalue weighted by Gasteiger charge is 2.60. The zero-order valence-corrected chi connectivity index (χ0v) is 23.4. The van der Waals surface area contributed by atoms with Crippen LogP contribution >= 0.6 is 0 Å². The van der Waals surface area contributed by atoms with E-state index in [0.29, 0.717) is 42.3 Å². The van der Waals surface area contributed by atoms with Crippen LogP contribution in [0.2, 0.25) is 0 Å². The normalized spacial score (nSPS) is 36.0. The summed E-state index contributed by atoms with van der Waals surface area (Å²) in [5.74, 6) is 3.66. The van der Waals surface area contributed by atoms with Gasteiger partial charge in [0.05, 0.1) is 7.11 Å². The van der Waals surface area contributed by atoms with Gasteiger partial charge in [0, 0.05) is 18.4 Å². The lowest BCUT2D eigenvalue weighted by Crippen LogP contribution is -2.50. The largest absolute Gasteiger partial charge is 0.493 e. The smallest absolute Gasteiger partial charge is 0.165 e. The van der Waals surface area contributed by atoms with E-state index < -0.39 is 0 Å². The molecule has 1 aromatic carbocycles. The highest BCUT2D eigenvalue weighted by atomic mass is 16.5. The molecule has 0 amide bonds. The van der Waals surface area contributed by atoms with Crippen molar-refractivity contribution in [1.29, 1.82) is 0 Å². The van der Waals surface area contributed by atoms with Crippen molar-refractivity contribution < 1.29 is 19.1 Å². The Hall–Kier alpha value is -2.40. The fraction of sp³-hybridized carbons (Fsp3) is 0.636. The average molecular weight is 518 g/mol. The van der Waals surface area contributed by atoms with Gasteiger partial charge in [0.2, 0.25) is 0 Å². The summed E-state index contributed by atoms with van der Waals surface area (Å²) in [6, 6.07) is 6.05. The lowest BCUT2D eigenvalue weighted by Gasteiger charge is -2.56. The van der Waals surface area contributed by atoms with Gasteiger partial charge in [0.25, 0.3) is 0 Å². The average Bonchev–Trinajstić information content (AvgIpc) is 3.52. The van der Waals surface area contributed by atoms with E-state index in [9.17, 15) is 9.59 Å². The Bertz CT molecular complexity index is 1180. The van der Waals surface area contributed by atoms with Crippen molar-refractivity contribution in [2.75, 3.05) is 33.4 Å². The van der Waals surface area contributed by atoms with E-state index in [1.54, 1.807) is 7.11 Å². The molecule has 1 aromatic rings. The molecule has 0 spiro atoms.